The molecule has 1 rings (SSSR count). The van der Waals surface area contributed by atoms with Crippen molar-refractivity contribution < 1.29 is 9.84 Å². The van der Waals surface area contributed by atoms with Gasteiger partial charge in [0.2, 0.25) is 0 Å². The van der Waals surface area contributed by atoms with E-state index in [0.29, 0.717) is 6.04 Å². The van der Waals surface area contributed by atoms with E-state index in [1.165, 1.54) is 6.42 Å². The molecule has 0 saturated heterocycles. The van der Waals surface area contributed by atoms with Crippen molar-refractivity contribution in [3.63, 3.8) is 0 Å². The van der Waals surface area contributed by atoms with E-state index in [-0.39, 0.29) is 17.6 Å². The van der Waals surface area contributed by atoms with Crippen LogP contribution in [0, 0.1) is 5.41 Å². The van der Waals surface area contributed by atoms with Crippen LogP contribution in [-0.2, 0) is 4.74 Å². The number of nitrogens with zero attached hydrogens (tertiary/aromatic N) is 1. The minimum atomic E-state index is -0.226. The van der Waals surface area contributed by atoms with Gasteiger partial charge in [-0.15, -0.1) is 0 Å². The number of hydrogen-bond donors (Lipinski definition) is 1. The summed E-state index contributed by atoms with van der Waals surface area (Å²) in [7, 11) is 1.74. The first-order chi connectivity index (χ1) is 7.90. The number of rotatable bonds is 5. The van der Waals surface area contributed by atoms with Crippen molar-refractivity contribution >= 4 is 0 Å². The lowest BCUT2D eigenvalue weighted by molar-refractivity contribution is -0.0700. The van der Waals surface area contributed by atoms with Crippen LogP contribution in [0.3, 0.4) is 0 Å². The third kappa shape index (κ3) is 3.67. The van der Waals surface area contributed by atoms with Gasteiger partial charge in [0, 0.05) is 25.7 Å². The van der Waals surface area contributed by atoms with Crippen LogP contribution in [0.5, 0.6) is 0 Å². The van der Waals surface area contributed by atoms with E-state index in [2.05, 4.69) is 32.6 Å². The highest BCUT2D eigenvalue weighted by Crippen LogP contribution is 2.38. The summed E-state index contributed by atoms with van der Waals surface area (Å²) in [6.45, 7) is 10.4. The van der Waals surface area contributed by atoms with Crippen molar-refractivity contribution in [2.45, 2.75) is 65.1 Å². The molecule has 0 spiro atoms. The molecule has 0 bridgehead atoms. The molecule has 3 nitrogen and oxygen atoms in total. The number of hydrogen-bond acceptors (Lipinski definition) is 3. The van der Waals surface area contributed by atoms with E-state index in [1.54, 1.807) is 7.11 Å². The minimum Gasteiger partial charge on any atom is -0.391 e. The second-order valence-corrected chi connectivity index (χ2v) is 6.22. The SMILES string of the molecule is COCCN(C(C)C)C1CCCC(C)(C)C1O. The van der Waals surface area contributed by atoms with Crippen molar-refractivity contribution in [3.8, 4) is 0 Å². The van der Waals surface area contributed by atoms with Crippen LogP contribution in [0.2, 0.25) is 0 Å². The molecule has 0 radical (unpaired) electrons. The van der Waals surface area contributed by atoms with Gasteiger partial charge < -0.3 is 9.84 Å². The van der Waals surface area contributed by atoms with Gasteiger partial charge in [0.1, 0.15) is 0 Å². The molecule has 0 aromatic heterocycles. The molecule has 0 aliphatic heterocycles. The van der Waals surface area contributed by atoms with E-state index in [1.807, 2.05) is 0 Å². The van der Waals surface area contributed by atoms with Crippen molar-refractivity contribution in [3.05, 3.63) is 0 Å². The highest BCUT2D eigenvalue weighted by atomic mass is 16.5. The summed E-state index contributed by atoms with van der Waals surface area (Å²) in [6, 6.07) is 0.743. The third-order valence-corrected chi connectivity index (χ3v) is 4.13. The summed E-state index contributed by atoms with van der Waals surface area (Å²) in [5.74, 6) is 0. The fourth-order valence-corrected chi connectivity index (χ4v) is 2.94. The van der Waals surface area contributed by atoms with Crippen LogP contribution in [0.1, 0.15) is 47.0 Å². The van der Waals surface area contributed by atoms with E-state index in [0.717, 1.165) is 26.0 Å². The Morgan fingerprint density at radius 1 is 1.41 bits per heavy atom. The molecular weight excluding hydrogens is 214 g/mol. The number of methoxy groups -OCH3 is 1. The van der Waals surface area contributed by atoms with Crippen LogP contribution in [0.25, 0.3) is 0 Å². The van der Waals surface area contributed by atoms with Gasteiger partial charge in [-0.3, -0.25) is 4.90 Å². The Labute approximate surface area is 106 Å². The summed E-state index contributed by atoms with van der Waals surface area (Å²) in [5, 5.41) is 10.5. The average Bonchev–Trinajstić information content (AvgIpc) is 2.24. The molecule has 1 fully saturated rings. The topological polar surface area (TPSA) is 32.7 Å². The molecule has 2 atom stereocenters. The minimum absolute atomic E-state index is 0.0448. The summed E-state index contributed by atoms with van der Waals surface area (Å²) < 4.78 is 5.18. The third-order valence-electron chi connectivity index (χ3n) is 4.13. The van der Waals surface area contributed by atoms with E-state index < -0.39 is 0 Å². The van der Waals surface area contributed by atoms with Gasteiger partial charge in [0.15, 0.2) is 0 Å². The van der Waals surface area contributed by atoms with E-state index in [4.69, 9.17) is 4.74 Å². The first-order valence-electron chi connectivity index (χ1n) is 6.83. The fourth-order valence-electron chi connectivity index (χ4n) is 2.94. The van der Waals surface area contributed by atoms with Crippen LogP contribution >= 0.6 is 0 Å². The molecule has 3 heteroatoms. The number of ether oxygens (including phenoxy) is 1. The molecule has 1 aliphatic carbocycles. The molecule has 0 aromatic carbocycles. The maximum Gasteiger partial charge on any atom is 0.0746 e. The van der Waals surface area contributed by atoms with Gasteiger partial charge in [-0.25, -0.2) is 0 Å². The Kier molecular flexibility index (Phi) is 5.42. The smallest absolute Gasteiger partial charge is 0.0746 e. The zero-order valence-corrected chi connectivity index (χ0v) is 12.1. The standard InChI is InChI=1S/C14H29NO2/c1-11(2)15(9-10-17-5)12-7-6-8-14(3,4)13(12)16/h11-13,16H,6-10H2,1-5H3. The second-order valence-electron chi connectivity index (χ2n) is 6.22. The predicted molar refractivity (Wildman–Crippen MR) is 71.1 cm³/mol. The molecule has 1 saturated carbocycles. The largest absolute Gasteiger partial charge is 0.391 e. The number of aliphatic hydroxyl groups excluding tert-OH is 1. The van der Waals surface area contributed by atoms with E-state index in [9.17, 15) is 5.11 Å². The van der Waals surface area contributed by atoms with Gasteiger partial charge in [-0.1, -0.05) is 20.3 Å². The Bertz CT molecular complexity index is 228. The zero-order valence-electron chi connectivity index (χ0n) is 12.1. The summed E-state index contributed by atoms with van der Waals surface area (Å²) in [6.07, 6.45) is 3.22. The lowest BCUT2D eigenvalue weighted by atomic mass is 9.72. The zero-order chi connectivity index (χ0) is 13.1. The first-order valence-corrected chi connectivity index (χ1v) is 6.83. The lowest BCUT2D eigenvalue weighted by Gasteiger charge is -2.47. The van der Waals surface area contributed by atoms with Gasteiger partial charge >= 0.3 is 0 Å². The fraction of sp³-hybridized carbons (Fsp3) is 1.00. The van der Waals surface area contributed by atoms with Crippen molar-refractivity contribution in [2.24, 2.45) is 5.41 Å². The molecule has 17 heavy (non-hydrogen) atoms. The quantitative estimate of drug-likeness (QED) is 0.804. The Morgan fingerprint density at radius 3 is 2.59 bits per heavy atom. The molecule has 0 amide bonds. The van der Waals surface area contributed by atoms with Crippen molar-refractivity contribution in [1.82, 2.24) is 4.90 Å². The van der Waals surface area contributed by atoms with E-state index >= 15 is 0 Å². The van der Waals surface area contributed by atoms with Crippen molar-refractivity contribution in [2.75, 3.05) is 20.3 Å². The summed E-state index contributed by atoms with van der Waals surface area (Å²) in [5.41, 5.74) is 0.0448. The van der Waals surface area contributed by atoms with Crippen LogP contribution in [0.15, 0.2) is 0 Å². The van der Waals surface area contributed by atoms with Gasteiger partial charge in [-0.05, 0) is 32.1 Å². The van der Waals surface area contributed by atoms with Crippen LogP contribution in [-0.4, -0.2) is 48.5 Å². The Hall–Kier alpha value is -0.120. The normalized spacial score (nSPS) is 28.9. The molecule has 1 N–H and O–H groups in total. The predicted octanol–water partition coefficient (Wildman–Crippen LogP) is 2.28. The van der Waals surface area contributed by atoms with Gasteiger partial charge in [0.05, 0.1) is 12.7 Å². The molecule has 0 heterocycles. The van der Waals surface area contributed by atoms with Crippen molar-refractivity contribution in [1.29, 1.82) is 0 Å². The molecule has 0 aromatic rings. The van der Waals surface area contributed by atoms with Gasteiger partial charge in [-0.2, -0.15) is 0 Å². The maximum atomic E-state index is 10.5. The van der Waals surface area contributed by atoms with Crippen LogP contribution < -0.4 is 0 Å². The highest BCUT2D eigenvalue weighted by molar-refractivity contribution is 4.94. The number of aliphatic hydroxyl groups is 1. The van der Waals surface area contributed by atoms with Crippen LogP contribution in [0.4, 0.5) is 0 Å². The summed E-state index contributed by atoms with van der Waals surface area (Å²) in [4.78, 5) is 2.40. The Balaban J connectivity index is 2.72. The summed E-state index contributed by atoms with van der Waals surface area (Å²) >= 11 is 0. The molecular formula is C14H29NO2. The average molecular weight is 243 g/mol. The second kappa shape index (κ2) is 6.17. The van der Waals surface area contributed by atoms with Gasteiger partial charge in [0.25, 0.3) is 0 Å². The first kappa shape index (κ1) is 14.9. The Morgan fingerprint density at radius 2 is 2.06 bits per heavy atom. The monoisotopic (exact) mass is 243 g/mol. The molecule has 2 unspecified atom stereocenters. The lowest BCUT2D eigenvalue weighted by Crippen LogP contribution is -2.55. The maximum absolute atomic E-state index is 10.5. The molecule has 1 aliphatic rings. The molecule has 102 valence electrons. The highest BCUT2D eigenvalue weighted by Gasteiger charge is 2.40.